The van der Waals surface area contributed by atoms with Crippen molar-refractivity contribution >= 4 is 32.5 Å². The van der Waals surface area contributed by atoms with Gasteiger partial charge in [0.25, 0.3) is 10.0 Å². The number of aromatic carboxylic acids is 1. The predicted molar refractivity (Wildman–Crippen MR) is 80.4 cm³/mol. The second-order valence-corrected chi connectivity index (χ2v) is 7.28. The van der Waals surface area contributed by atoms with Gasteiger partial charge in [0.2, 0.25) is 0 Å². The van der Waals surface area contributed by atoms with E-state index < -0.39 is 16.0 Å². The summed E-state index contributed by atoms with van der Waals surface area (Å²) in [5, 5.41) is 9.41. The van der Waals surface area contributed by atoms with Crippen molar-refractivity contribution in [3.63, 3.8) is 0 Å². The zero-order valence-corrected chi connectivity index (χ0v) is 13.1. The fourth-order valence-corrected chi connectivity index (χ4v) is 3.74. The molecule has 21 heavy (non-hydrogen) atoms. The van der Waals surface area contributed by atoms with Crippen molar-refractivity contribution in [3.05, 3.63) is 40.4 Å². The normalized spacial score (nSPS) is 11.3. The lowest BCUT2D eigenvalue weighted by molar-refractivity contribution is 0.0695. The van der Waals surface area contributed by atoms with Crippen LogP contribution in [0, 0.1) is 6.92 Å². The van der Waals surface area contributed by atoms with Crippen LogP contribution in [0.4, 0.5) is 5.13 Å². The lowest BCUT2D eigenvalue weighted by Gasteiger charge is -2.08. The van der Waals surface area contributed by atoms with Gasteiger partial charge in [0, 0.05) is 11.1 Å². The van der Waals surface area contributed by atoms with Crippen LogP contribution in [0.3, 0.4) is 0 Å². The van der Waals surface area contributed by atoms with Crippen LogP contribution in [0.2, 0.25) is 0 Å². The maximum absolute atomic E-state index is 12.2. The highest BCUT2D eigenvalue weighted by Crippen LogP contribution is 2.23. The highest BCUT2D eigenvalue weighted by molar-refractivity contribution is 7.93. The number of nitrogens with one attached hydrogen (secondary N) is 1. The molecule has 0 spiro atoms. The molecule has 6 nitrogen and oxygen atoms in total. The van der Waals surface area contributed by atoms with Gasteiger partial charge in [-0.3, -0.25) is 4.72 Å². The van der Waals surface area contributed by atoms with Gasteiger partial charge in [-0.15, -0.1) is 11.3 Å². The van der Waals surface area contributed by atoms with E-state index in [1.807, 2.05) is 13.8 Å². The Morgan fingerprint density at radius 3 is 2.67 bits per heavy atom. The molecule has 112 valence electrons. The van der Waals surface area contributed by atoms with E-state index in [2.05, 4.69) is 9.71 Å². The first kappa shape index (κ1) is 15.5. The summed E-state index contributed by atoms with van der Waals surface area (Å²) in [6, 6.07) is 4.09. The molecule has 8 heteroatoms. The summed E-state index contributed by atoms with van der Waals surface area (Å²) in [6.07, 6.45) is 2.08. The van der Waals surface area contributed by atoms with Crippen LogP contribution in [0.1, 0.15) is 27.7 Å². The molecule has 0 atom stereocenters. The standard InChI is InChI=1S/C13H14N2O4S2/c1-3-9-4-5-10(6-11(9)12(16)17)21(18,19)15-13-14-7-8(2)20-13/h4-7H,3H2,1-2H3,(H,14,15)(H,16,17). The third-order valence-corrected chi connectivity index (χ3v) is 5.14. The number of hydrogen-bond acceptors (Lipinski definition) is 5. The highest BCUT2D eigenvalue weighted by Gasteiger charge is 2.19. The Kier molecular flexibility index (Phi) is 4.29. The molecule has 1 aromatic heterocycles. The van der Waals surface area contributed by atoms with E-state index in [4.69, 9.17) is 5.11 Å². The number of aryl methyl sites for hydroxylation is 2. The summed E-state index contributed by atoms with van der Waals surface area (Å²) in [7, 11) is -3.85. The van der Waals surface area contributed by atoms with Crippen LogP contribution in [0.5, 0.6) is 0 Å². The van der Waals surface area contributed by atoms with Gasteiger partial charge in [-0.25, -0.2) is 18.2 Å². The summed E-state index contributed by atoms with van der Waals surface area (Å²) >= 11 is 1.21. The topological polar surface area (TPSA) is 96.4 Å². The van der Waals surface area contributed by atoms with Gasteiger partial charge < -0.3 is 5.11 Å². The van der Waals surface area contributed by atoms with Gasteiger partial charge in [0.1, 0.15) is 0 Å². The molecule has 0 fully saturated rings. The Balaban J connectivity index is 2.40. The minimum Gasteiger partial charge on any atom is -0.478 e. The first-order valence-corrected chi connectivity index (χ1v) is 8.45. The van der Waals surface area contributed by atoms with Crippen molar-refractivity contribution in [2.24, 2.45) is 0 Å². The van der Waals surface area contributed by atoms with Crippen LogP contribution >= 0.6 is 11.3 Å². The minimum absolute atomic E-state index is 0.00399. The third-order valence-electron chi connectivity index (χ3n) is 2.85. The molecule has 1 aromatic carbocycles. The molecule has 0 amide bonds. The van der Waals surface area contributed by atoms with Crippen LogP contribution in [0.25, 0.3) is 0 Å². The SMILES string of the molecule is CCc1ccc(S(=O)(=O)Nc2ncc(C)s2)cc1C(=O)O. The van der Waals surface area contributed by atoms with Crippen molar-refractivity contribution in [1.82, 2.24) is 4.98 Å². The summed E-state index contributed by atoms with van der Waals surface area (Å²) in [6.45, 7) is 3.63. The van der Waals surface area contributed by atoms with E-state index in [9.17, 15) is 13.2 Å². The Bertz CT molecular complexity index is 781. The average molecular weight is 326 g/mol. The monoisotopic (exact) mass is 326 g/mol. The summed E-state index contributed by atoms with van der Waals surface area (Å²) in [5.41, 5.74) is 0.585. The molecular formula is C13H14N2O4S2. The number of benzene rings is 1. The second-order valence-electron chi connectivity index (χ2n) is 4.36. The molecule has 2 N–H and O–H groups in total. The van der Waals surface area contributed by atoms with Crippen molar-refractivity contribution < 1.29 is 18.3 Å². The number of thiazole rings is 1. The van der Waals surface area contributed by atoms with E-state index in [0.717, 1.165) is 4.88 Å². The maximum atomic E-state index is 12.2. The van der Waals surface area contributed by atoms with Crippen molar-refractivity contribution in [2.45, 2.75) is 25.2 Å². The summed E-state index contributed by atoms with van der Waals surface area (Å²) < 4.78 is 26.8. The number of rotatable bonds is 5. The fraction of sp³-hybridized carbons (Fsp3) is 0.231. The molecule has 0 aliphatic heterocycles. The van der Waals surface area contributed by atoms with E-state index in [1.165, 1.54) is 29.5 Å². The van der Waals surface area contributed by atoms with E-state index >= 15 is 0 Å². The molecule has 0 radical (unpaired) electrons. The van der Waals surface area contributed by atoms with Crippen molar-refractivity contribution in [2.75, 3.05) is 4.72 Å². The first-order chi connectivity index (χ1) is 9.83. The van der Waals surface area contributed by atoms with Gasteiger partial charge in [-0.1, -0.05) is 13.0 Å². The lowest BCUT2D eigenvalue weighted by atomic mass is 10.1. The third kappa shape index (κ3) is 3.40. The quantitative estimate of drug-likeness (QED) is 0.880. The van der Waals surface area contributed by atoms with Gasteiger partial charge in [0.05, 0.1) is 10.5 Å². The number of carbonyl (C=O) groups is 1. The van der Waals surface area contributed by atoms with Crippen LogP contribution in [-0.2, 0) is 16.4 Å². The van der Waals surface area contributed by atoms with Gasteiger partial charge in [-0.05, 0) is 31.0 Å². The largest absolute Gasteiger partial charge is 0.478 e. The maximum Gasteiger partial charge on any atom is 0.336 e. The Morgan fingerprint density at radius 2 is 2.14 bits per heavy atom. The number of carboxylic acids is 1. The number of aromatic nitrogens is 1. The summed E-state index contributed by atoms with van der Waals surface area (Å²) in [4.78, 5) is 15.9. The molecule has 0 aliphatic carbocycles. The predicted octanol–water partition coefficient (Wildman–Crippen LogP) is 2.51. The van der Waals surface area contributed by atoms with Gasteiger partial charge >= 0.3 is 5.97 Å². The number of hydrogen-bond donors (Lipinski definition) is 2. The number of nitrogens with zero attached hydrogens (tertiary/aromatic N) is 1. The van der Waals surface area contributed by atoms with Crippen LogP contribution < -0.4 is 4.72 Å². The fourth-order valence-electron chi connectivity index (χ4n) is 1.81. The molecule has 0 unspecified atom stereocenters. The first-order valence-electron chi connectivity index (χ1n) is 6.15. The zero-order chi connectivity index (χ0) is 15.6. The highest BCUT2D eigenvalue weighted by atomic mass is 32.2. The molecular weight excluding hydrogens is 312 g/mol. The number of anilines is 1. The summed E-state index contributed by atoms with van der Waals surface area (Å²) in [5.74, 6) is -1.14. The number of sulfonamides is 1. The average Bonchev–Trinajstić information content (AvgIpc) is 2.82. The van der Waals surface area contributed by atoms with Crippen molar-refractivity contribution in [3.8, 4) is 0 Å². The van der Waals surface area contributed by atoms with Crippen LogP contribution in [0.15, 0.2) is 29.3 Å². The van der Waals surface area contributed by atoms with E-state index in [1.54, 1.807) is 6.20 Å². The molecule has 0 aliphatic rings. The molecule has 1 heterocycles. The van der Waals surface area contributed by atoms with Crippen molar-refractivity contribution in [1.29, 1.82) is 0 Å². The lowest BCUT2D eigenvalue weighted by Crippen LogP contribution is -2.14. The Morgan fingerprint density at radius 1 is 1.43 bits per heavy atom. The minimum atomic E-state index is -3.85. The second kappa shape index (κ2) is 5.82. The zero-order valence-electron chi connectivity index (χ0n) is 11.5. The molecule has 0 saturated heterocycles. The van der Waals surface area contributed by atoms with E-state index in [0.29, 0.717) is 12.0 Å². The van der Waals surface area contributed by atoms with Crippen LogP contribution in [-0.4, -0.2) is 24.5 Å². The molecule has 2 aromatic rings. The molecule has 0 saturated carbocycles. The molecule has 0 bridgehead atoms. The number of carboxylic acid groups (broad SMARTS) is 1. The van der Waals surface area contributed by atoms with Gasteiger partial charge in [0.15, 0.2) is 5.13 Å². The van der Waals surface area contributed by atoms with E-state index in [-0.39, 0.29) is 15.6 Å². The molecule has 2 rings (SSSR count). The Hall–Kier alpha value is -1.93. The van der Waals surface area contributed by atoms with Gasteiger partial charge in [-0.2, -0.15) is 0 Å². The Labute approximate surface area is 126 Å². The smallest absolute Gasteiger partial charge is 0.336 e.